The van der Waals surface area contributed by atoms with Gasteiger partial charge in [-0.25, -0.2) is 0 Å². The van der Waals surface area contributed by atoms with E-state index in [1.165, 1.54) is 0 Å². The molecule has 0 aliphatic rings. The Hall–Kier alpha value is -1.49. The van der Waals surface area contributed by atoms with E-state index in [0.717, 1.165) is 0 Å². The third kappa shape index (κ3) is 6.57. The molecule has 37 heavy (non-hydrogen) atoms. The van der Waals surface area contributed by atoms with Gasteiger partial charge in [-0.3, -0.25) is 0 Å². The van der Waals surface area contributed by atoms with Crippen LogP contribution in [-0.2, 0) is 0 Å². The highest BCUT2D eigenvalue weighted by Crippen LogP contribution is 2.64. The standard InChI is InChI=1S/C19H21F17O/c20-12(21,10-8-6-4-2-1-3-5-7-9-11-37)13(22,23)14(24,25)15(26,27)16(28,29)17(30,31)18(32,33)19(34,35)36/h8,10,37H,1-7,9,11H2/b10-8+. The number of hydrogen-bond acceptors (Lipinski definition) is 1. The maximum atomic E-state index is 13.7. The summed E-state index contributed by atoms with van der Waals surface area (Å²) in [7, 11) is 0. The summed E-state index contributed by atoms with van der Waals surface area (Å²) in [5, 5.41) is 8.57. The van der Waals surface area contributed by atoms with Crippen LogP contribution >= 0.6 is 0 Å². The fraction of sp³-hybridized carbons (Fsp3) is 0.895. The van der Waals surface area contributed by atoms with Gasteiger partial charge in [-0.15, -0.1) is 0 Å². The van der Waals surface area contributed by atoms with Crippen molar-refractivity contribution >= 4 is 0 Å². The first-order chi connectivity index (χ1) is 16.3. The van der Waals surface area contributed by atoms with Crippen molar-refractivity contribution in [1.82, 2.24) is 0 Å². The van der Waals surface area contributed by atoms with Gasteiger partial charge < -0.3 is 5.11 Å². The van der Waals surface area contributed by atoms with Crippen molar-refractivity contribution in [3.8, 4) is 0 Å². The topological polar surface area (TPSA) is 20.2 Å². The van der Waals surface area contributed by atoms with Gasteiger partial charge in [0.2, 0.25) is 0 Å². The van der Waals surface area contributed by atoms with E-state index in [4.69, 9.17) is 5.11 Å². The van der Waals surface area contributed by atoms with E-state index in [-0.39, 0.29) is 25.5 Å². The summed E-state index contributed by atoms with van der Waals surface area (Å²) in [4.78, 5) is 0. The highest BCUT2D eigenvalue weighted by molar-refractivity contribution is 5.17. The molecule has 0 aliphatic carbocycles. The molecule has 0 saturated carbocycles. The fourth-order valence-corrected chi connectivity index (χ4v) is 2.77. The van der Waals surface area contributed by atoms with Gasteiger partial charge in [0.15, 0.2) is 0 Å². The van der Waals surface area contributed by atoms with Crippen LogP contribution in [-0.4, -0.2) is 59.3 Å². The SMILES string of the molecule is OCCCCCCCCC/C=C/C(F)(F)C(F)(F)C(F)(F)C(F)(F)C(F)(F)C(F)(F)C(F)(F)C(F)(F)F. The second-order valence-corrected chi connectivity index (χ2v) is 7.96. The first kappa shape index (κ1) is 35.5. The van der Waals surface area contributed by atoms with E-state index in [9.17, 15) is 74.6 Å². The Morgan fingerprint density at radius 3 is 1.11 bits per heavy atom. The molecule has 0 spiro atoms. The number of aliphatic hydroxyl groups is 1. The molecular formula is C19H21F17O. The molecule has 0 rings (SSSR count). The van der Waals surface area contributed by atoms with Crippen molar-refractivity contribution in [2.24, 2.45) is 0 Å². The van der Waals surface area contributed by atoms with Crippen LogP contribution in [0, 0.1) is 0 Å². The predicted molar refractivity (Wildman–Crippen MR) is 93.8 cm³/mol. The van der Waals surface area contributed by atoms with Crippen molar-refractivity contribution in [1.29, 1.82) is 0 Å². The van der Waals surface area contributed by atoms with Gasteiger partial charge in [-0.1, -0.05) is 38.2 Å². The Morgan fingerprint density at radius 2 is 0.730 bits per heavy atom. The molecular weight excluding hydrogens is 567 g/mol. The zero-order valence-corrected chi connectivity index (χ0v) is 18.4. The van der Waals surface area contributed by atoms with E-state index in [1.54, 1.807) is 0 Å². The number of hydrogen-bond donors (Lipinski definition) is 1. The zero-order chi connectivity index (χ0) is 29.8. The van der Waals surface area contributed by atoms with Crippen molar-refractivity contribution in [3.05, 3.63) is 12.2 Å². The molecule has 0 fully saturated rings. The Kier molecular flexibility index (Phi) is 11.2. The van der Waals surface area contributed by atoms with Crippen molar-refractivity contribution < 1.29 is 79.7 Å². The quantitative estimate of drug-likeness (QED) is 0.109. The average Bonchev–Trinajstić information content (AvgIpc) is 2.73. The van der Waals surface area contributed by atoms with Gasteiger partial charge in [-0.2, -0.15) is 74.6 Å². The first-order valence-corrected chi connectivity index (χ1v) is 10.3. The predicted octanol–water partition coefficient (Wildman–Crippen LogP) is 8.67. The number of allylic oxidation sites excluding steroid dienone is 2. The number of halogens is 17. The lowest BCUT2D eigenvalue weighted by Gasteiger charge is -2.42. The van der Waals surface area contributed by atoms with Crippen molar-refractivity contribution in [2.45, 2.75) is 99.0 Å². The van der Waals surface area contributed by atoms with Crippen LogP contribution in [0.5, 0.6) is 0 Å². The molecule has 0 saturated heterocycles. The maximum absolute atomic E-state index is 13.7. The highest BCUT2D eigenvalue weighted by Gasteiger charge is 2.95. The summed E-state index contributed by atoms with van der Waals surface area (Å²) in [5.41, 5.74) is 0. The second kappa shape index (κ2) is 11.7. The van der Waals surface area contributed by atoms with Gasteiger partial charge in [0.1, 0.15) is 0 Å². The monoisotopic (exact) mass is 588 g/mol. The van der Waals surface area contributed by atoms with Gasteiger partial charge >= 0.3 is 47.6 Å². The molecule has 1 nitrogen and oxygen atoms in total. The van der Waals surface area contributed by atoms with Crippen LogP contribution < -0.4 is 0 Å². The fourth-order valence-electron chi connectivity index (χ4n) is 2.77. The summed E-state index contributed by atoms with van der Waals surface area (Å²) in [5.74, 6) is -56.2. The van der Waals surface area contributed by atoms with Crippen LogP contribution in [0.15, 0.2) is 12.2 Å². The summed E-state index contributed by atoms with van der Waals surface area (Å²) in [6, 6.07) is 0. The summed E-state index contributed by atoms with van der Waals surface area (Å²) in [6.07, 6.45) is -6.24. The molecule has 0 aromatic carbocycles. The molecule has 0 radical (unpaired) electrons. The minimum atomic E-state index is -8.61. The molecule has 0 atom stereocenters. The van der Waals surface area contributed by atoms with E-state index in [0.29, 0.717) is 32.1 Å². The smallest absolute Gasteiger partial charge is 0.396 e. The number of aliphatic hydroxyl groups excluding tert-OH is 1. The van der Waals surface area contributed by atoms with Crippen molar-refractivity contribution in [3.63, 3.8) is 0 Å². The molecule has 0 unspecified atom stereocenters. The Morgan fingerprint density at radius 1 is 0.405 bits per heavy atom. The molecule has 0 aromatic heterocycles. The summed E-state index contributed by atoms with van der Waals surface area (Å²) in [6.45, 7) is -0.0469. The molecule has 0 heterocycles. The van der Waals surface area contributed by atoms with E-state index in [2.05, 4.69) is 0 Å². The lowest BCUT2D eigenvalue weighted by atomic mass is 9.89. The van der Waals surface area contributed by atoms with Crippen molar-refractivity contribution in [2.75, 3.05) is 6.61 Å². The minimum absolute atomic E-state index is 0.0402. The maximum Gasteiger partial charge on any atom is 0.460 e. The summed E-state index contributed by atoms with van der Waals surface area (Å²) < 4.78 is 223. The van der Waals surface area contributed by atoms with Gasteiger partial charge in [0.25, 0.3) is 0 Å². The van der Waals surface area contributed by atoms with Crippen LogP contribution in [0.25, 0.3) is 0 Å². The molecule has 222 valence electrons. The third-order valence-corrected chi connectivity index (χ3v) is 5.10. The Bertz CT molecular complexity index is 739. The lowest BCUT2D eigenvalue weighted by molar-refractivity contribution is -0.459. The molecule has 0 amide bonds. The summed E-state index contributed by atoms with van der Waals surface area (Å²) >= 11 is 0. The Balaban J connectivity index is 5.76. The molecule has 0 aromatic rings. The van der Waals surface area contributed by atoms with Crippen LogP contribution in [0.2, 0.25) is 0 Å². The van der Waals surface area contributed by atoms with E-state index in [1.807, 2.05) is 0 Å². The Labute approximate surface area is 198 Å². The molecule has 18 heteroatoms. The zero-order valence-electron chi connectivity index (χ0n) is 18.4. The second-order valence-electron chi connectivity index (χ2n) is 7.96. The van der Waals surface area contributed by atoms with Gasteiger partial charge in [0, 0.05) is 6.61 Å². The number of rotatable bonds is 16. The molecule has 0 aliphatic heterocycles. The highest BCUT2D eigenvalue weighted by atomic mass is 19.4. The molecule has 1 N–H and O–H groups in total. The van der Waals surface area contributed by atoms with Crippen LogP contribution in [0.1, 0.15) is 51.4 Å². The number of alkyl halides is 17. The van der Waals surface area contributed by atoms with Gasteiger partial charge in [0.05, 0.1) is 0 Å². The lowest BCUT2D eigenvalue weighted by Crippen LogP contribution is -2.74. The normalized spacial score (nSPS) is 15.6. The first-order valence-electron chi connectivity index (χ1n) is 10.3. The number of unbranched alkanes of at least 4 members (excludes halogenated alkanes) is 7. The largest absolute Gasteiger partial charge is 0.460 e. The van der Waals surface area contributed by atoms with E-state index < -0.39 is 60.1 Å². The third-order valence-electron chi connectivity index (χ3n) is 5.10. The molecule has 0 bridgehead atoms. The average molecular weight is 588 g/mol. The van der Waals surface area contributed by atoms with Gasteiger partial charge in [-0.05, 0) is 25.3 Å². The van der Waals surface area contributed by atoms with E-state index >= 15 is 0 Å². The minimum Gasteiger partial charge on any atom is -0.396 e. The van der Waals surface area contributed by atoms with Crippen LogP contribution in [0.4, 0.5) is 74.6 Å². The van der Waals surface area contributed by atoms with Crippen LogP contribution in [0.3, 0.4) is 0 Å².